The number of hydrogen-bond donors (Lipinski definition) is 3. The monoisotopic (exact) mass is 273 g/mol. The Morgan fingerprint density at radius 3 is 3.00 bits per heavy atom. The molecule has 82 valence electrons. The Morgan fingerprint density at radius 1 is 1.60 bits per heavy atom. The van der Waals surface area contributed by atoms with Gasteiger partial charge in [0.1, 0.15) is 0 Å². The van der Waals surface area contributed by atoms with Gasteiger partial charge in [-0.2, -0.15) is 0 Å². The molecule has 1 unspecified atom stereocenters. The quantitative estimate of drug-likeness (QED) is 0.754. The van der Waals surface area contributed by atoms with E-state index in [-0.39, 0.29) is 12.4 Å². The number of aliphatic hydroxyl groups excluding tert-OH is 1. The number of ether oxygens (including phenoxy) is 1. The summed E-state index contributed by atoms with van der Waals surface area (Å²) in [4.78, 5) is 0. The smallest absolute Gasteiger partial charge is 0.165 e. The lowest BCUT2D eigenvalue weighted by molar-refractivity contribution is 0.263. The number of phenols is 1. The molecule has 4 N–H and O–H groups in total. The minimum Gasteiger partial charge on any atom is -0.504 e. The first-order valence-electron chi connectivity index (χ1n) is 4.68. The largest absolute Gasteiger partial charge is 0.504 e. The molecule has 0 saturated carbocycles. The lowest BCUT2D eigenvalue weighted by Gasteiger charge is -2.14. The summed E-state index contributed by atoms with van der Waals surface area (Å²) >= 11 is 3.40. The molecule has 0 fully saturated rings. The highest BCUT2D eigenvalue weighted by Crippen LogP contribution is 2.43. The van der Waals surface area contributed by atoms with Crippen LogP contribution in [0.15, 0.2) is 10.5 Å². The fourth-order valence-electron chi connectivity index (χ4n) is 1.70. The highest BCUT2D eigenvalue weighted by atomic mass is 79.9. The predicted octanol–water partition coefficient (Wildman–Crippen LogP) is 1.08. The van der Waals surface area contributed by atoms with Gasteiger partial charge in [0.15, 0.2) is 11.5 Å². The van der Waals surface area contributed by atoms with E-state index in [1.807, 2.05) is 0 Å². The van der Waals surface area contributed by atoms with Gasteiger partial charge < -0.3 is 20.7 Å². The molecule has 0 aromatic heterocycles. The zero-order valence-electron chi connectivity index (χ0n) is 8.03. The van der Waals surface area contributed by atoms with Crippen molar-refractivity contribution in [2.24, 2.45) is 5.73 Å². The first-order chi connectivity index (χ1) is 7.15. The molecule has 1 aromatic rings. The molecule has 1 aliphatic rings. The van der Waals surface area contributed by atoms with Crippen LogP contribution in [0.4, 0.5) is 0 Å². The van der Waals surface area contributed by atoms with Gasteiger partial charge >= 0.3 is 0 Å². The second kappa shape index (κ2) is 4.00. The van der Waals surface area contributed by atoms with Crippen molar-refractivity contribution in [2.75, 3.05) is 13.2 Å². The Morgan fingerprint density at radius 2 is 2.33 bits per heavy atom. The zero-order valence-corrected chi connectivity index (χ0v) is 9.62. The third-order valence-corrected chi connectivity index (χ3v) is 3.24. The SMILES string of the molecule is NC(CO)c1cc(Br)c2c(c1O)OCC2. The molecule has 15 heavy (non-hydrogen) atoms. The number of rotatable bonds is 2. The molecule has 1 aromatic carbocycles. The third kappa shape index (κ3) is 1.71. The molecule has 4 nitrogen and oxygen atoms in total. The maximum absolute atomic E-state index is 9.90. The highest BCUT2D eigenvalue weighted by molar-refractivity contribution is 9.10. The number of aliphatic hydroxyl groups is 1. The molecule has 0 amide bonds. The van der Waals surface area contributed by atoms with Gasteiger partial charge in [0.05, 0.1) is 19.3 Å². The number of benzene rings is 1. The second-order valence-corrected chi connectivity index (χ2v) is 4.35. The van der Waals surface area contributed by atoms with Gasteiger partial charge in [0, 0.05) is 22.0 Å². The average molecular weight is 274 g/mol. The Labute approximate surface area is 95.8 Å². The van der Waals surface area contributed by atoms with Crippen LogP contribution in [-0.4, -0.2) is 23.4 Å². The summed E-state index contributed by atoms with van der Waals surface area (Å²) < 4.78 is 6.20. The van der Waals surface area contributed by atoms with Crippen molar-refractivity contribution in [3.63, 3.8) is 0 Å². The highest BCUT2D eigenvalue weighted by Gasteiger charge is 2.24. The molecule has 1 atom stereocenters. The van der Waals surface area contributed by atoms with Crippen molar-refractivity contribution in [3.05, 3.63) is 21.7 Å². The molecular weight excluding hydrogens is 262 g/mol. The molecular formula is C10H12BrNO3. The van der Waals surface area contributed by atoms with Gasteiger partial charge in [-0.1, -0.05) is 15.9 Å². The van der Waals surface area contributed by atoms with E-state index in [1.54, 1.807) is 6.07 Å². The van der Waals surface area contributed by atoms with E-state index in [1.165, 1.54) is 0 Å². The van der Waals surface area contributed by atoms with Crippen LogP contribution in [0, 0.1) is 0 Å². The number of hydrogen-bond acceptors (Lipinski definition) is 4. The van der Waals surface area contributed by atoms with E-state index in [2.05, 4.69) is 15.9 Å². The van der Waals surface area contributed by atoms with Gasteiger partial charge in [0.25, 0.3) is 0 Å². The number of aromatic hydroxyl groups is 1. The van der Waals surface area contributed by atoms with Crippen LogP contribution in [0.3, 0.4) is 0 Å². The van der Waals surface area contributed by atoms with E-state index in [9.17, 15) is 5.11 Å². The molecule has 1 aliphatic heterocycles. The Hall–Kier alpha value is -0.780. The summed E-state index contributed by atoms with van der Waals surface area (Å²) in [6.45, 7) is 0.359. The van der Waals surface area contributed by atoms with Crippen LogP contribution in [0.1, 0.15) is 17.2 Å². The third-order valence-electron chi connectivity index (χ3n) is 2.53. The summed E-state index contributed by atoms with van der Waals surface area (Å²) in [6, 6.07) is 1.15. The number of halogens is 1. The molecule has 0 radical (unpaired) electrons. The van der Waals surface area contributed by atoms with Crippen LogP contribution >= 0.6 is 15.9 Å². The van der Waals surface area contributed by atoms with Crippen molar-refractivity contribution >= 4 is 15.9 Å². The molecule has 0 aliphatic carbocycles. The van der Waals surface area contributed by atoms with E-state index >= 15 is 0 Å². The number of nitrogens with two attached hydrogens (primary N) is 1. The molecule has 5 heteroatoms. The van der Waals surface area contributed by atoms with Gasteiger partial charge in [-0.05, 0) is 6.07 Å². The van der Waals surface area contributed by atoms with Crippen molar-refractivity contribution in [3.8, 4) is 11.5 Å². The predicted molar refractivity (Wildman–Crippen MR) is 59.0 cm³/mol. The lowest BCUT2D eigenvalue weighted by atomic mass is 10.0. The molecule has 0 bridgehead atoms. The Balaban J connectivity index is 2.54. The van der Waals surface area contributed by atoms with Crippen LogP contribution in [0.2, 0.25) is 0 Å². The standard InChI is InChI=1S/C10H12BrNO3/c11-7-3-6(8(12)4-13)9(14)10-5(7)1-2-15-10/h3,8,13-14H,1-2,4,12H2. The minimum absolute atomic E-state index is 0.0484. The summed E-state index contributed by atoms with van der Waals surface area (Å²) in [6.07, 6.45) is 0.776. The van der Waals surface area contributed by atoms with Crippen LogP contribution in [0.5, 0.6) is 11.5 Å². The summed E-state index contributed by atoms with van der Waals surface area (Å²) in [5.74, 6) is 0.538. The van der Waals surface area contributed by atoms with Crippen LogP contribution in [0.25, 0.3) is 0 Å². The topological polar surface area (TPSA) is 75.7 Å². The normalized spacial score (nSPS) is 15.9. The van der Waals surface area contributed by atoms with Crippen LogP contribution in [-0.2, 0) is 6.42 Å². The molecule has 1 heterocycles. The van der Waals surface area contributed by atoms with Crippen molar-refractivity contribution in [2.45, 2.75) is 12.5 Å². The number of phenolic OH excluding ortho intramolecular Hbond substituents is 1. The maximum Gasteiger partial charge on any atom is 0.165 e. The first kappa shape index (κ1) is 10.7. The summed E-state index contributed by atoms with van der Waals surface area (Å²) in [5.41, 5.74) is 7.14. The number of fused-ring (bicyclic) bond motifs is 1. The molecule has 2 rings (SSSR count). The Bertz CT molecular complexity index is 395. The minimum atomic E-state index is -0.587. The molecule has 0 saturated heterocycles. The Kier molecular flexibility index (Phi) is 2.86. The van der Waals surface area contributed by atoms with Crippen LogP contribution < -0.4 is 10.5 Å². The first-order valence-corrected chi connectivity index (χ1v) is 5.48. The van der Waals surface area contributed by atoms with Gasteiger partial charge in [-0.15, -0.1) is 0 Å². The second-order valence-electron chi connectivity index (χ2n) is 3.49. The van der Waals surface area contributed by atoms with E-state index in [0.717, 1.165) is 16.5 Å². The fraction of sp³-hybridized carbons (Fsp3) is 0.400. The average Bonchev–Trinajstić information content (AvgIpc) is 2.71. The summed E-state index contributed by atoms with van der Waals surface area (Å²) in [5, 5.41) is 18.9. The summed E-state index contributed by atoms with van der Waals surface area (Å²) in [7, 11) is 0. The fourth-order valence-corrected chi connectivity index (χ4v) is 2.32. The zero-order chi connectivity index (χ0) is 11.0. The van der Waals surface area contributed by atoms with Gasteiger partial charge in [-0.25, -0.2) is 0 Å². The maximum atomic E-state index is 9.90. The van der Waals surface area contributed by atoms with E-state index in [0.29, 0.717) is 17.9 Å². The van der Waals surface area contributed by atoms with Gasteiger partial charge in [0.2, 0.25) is 0 Å². The van der Waals surface area contributed by atoms with Crippen molar-refractivity contribution < 1.29 is 14.9 Å². The van der Waals surface area contributed by atoms with Crippen molar-refractivity contribution in [1.29, 1.82) is 0 Å². The molecule has 0 spiro atoms. The van der Waals surface area contributed by atoms with Crippen molar-refractivity contribution in [1.82, 2.24) is 0 Å². The van der Waals surface area contributed by atoms with E-state index in [4.69, 9.17) is 15.6 Å². The van der Waals surface area contributed by atoms with E-state index < -0.39 is 6.04 Å². The van der Waals surface area contributed by atoms with Gasteiger partial charge in [-0.3, -0.25) is 0 Å². The lowest BCUT2D eigenvalue weighted by Crippen LogP contribution is -2.14.